The summed E-state index contributed by atoms with van der Waals surface area (Å²) in [4.78, 5) is 16.5. The Balaban J connectivity index is 1.71. The average molecular weight is 373 g/mol. The zero-order valence-corrected chi connectivity index (χ0v) is 15.5. The lowest BCUT2D eigenvalue weighted by Crippen LogP contribution is -2.37. The standard InChI is InChI=1S/C20H24FN3O3/c1-2-18(25)24(16-7-8-16)13-17-19(14-3-5-15(21)6-4-14)22-27-20(17)23-9-11-26-12-10-23/h3-6,16H,2,7-13H2,1H3. The van der Waals surface area contributed by atoms with Gasteiger partial charge in [-0.05, 0) is 37.1 Å². The number of rotatable bonds is 6. The topological polar surface area (TPSA) is 58.8 Å². The summed E-state index contributed by atoms with van der Waals surface area (Å²) >= 11 is 0. The zero-order valence-electron chi connectivity index (χ0n) is 15.5. The van der Waals surface area contributed by atoms with Crippen LogP contribution in [0.2, 0.25) is 0 Å². The molecular weight excluding hydrogens is 349 g/mol. The van der Waals surface area contributed by atoms with E-state index in [9.17, 15) is 9.18 Å². The molecule has 0 atom stereocenters. The van der Waals surface area contributed by atoms with Gasteiger partial charge < -0.3 is 19.1 Å². The van der Waals surface area contributed by atoms with Gasteiger partial charge in [0.1, 0.15) is 11.5 Å². The van der Waals surface area contributed by atoms with Crippen LogP contribution >= 0.6 is 0 Å². The Kier molecular flexibility index (Phi) is 5.11. The van der Waals surface area contributed by atoms with Crippen molar-refractivity contribution in [2.75, 3.05) is 31.2 Å². The Morgan fingerprint density at radius 2 is 1.96 bits per heavy atom. The molecule has 4 rings (SSSR count). The highest BCUT2D eigenvalue weighted by molar-refractivity contribution is 5.77. The summed E-state index contributed by atoms with van der Waals surface area (Å²) in [6, 6.07) is 6.52. The van der Waals surface area contributed by atoms with Crippen molar-refractivity contribution in [3.8, 4) is 11.3 Å². The van der Waals surface area contributed by atoms with Crippen molar-refractivity contribution in [3.63, 3.8) is 0 Å². The van der Waals surface area contributed by atoms with E-state index in [1.165, 1.54) is 12.1 Å². The van der Waals surface area contributed by atoms with Gasteiger partial charge in [0.15, 0.2) is 0 Å². The lowest BCUT2D eigenvalue weighted by molar-refractivity contribution is -0.132. The molecule has 7 heteroatoms. The molecule has 1 saturated carbocycles. The predicted octanol–water partition coefficient (Wildman–Crippen LogP) is 3.22. The van der Waals surface area contributed by atoms with Crippen LogP contribution in [0.3, 0.4) is 0 Å². The fraction of sp³-hybridized carbons (Fsp3) is 0.500. The van der Waals surface area contributed by atoms with Crippen molar-refractivity contribution in [1.29, 1.82) is 0 Å². The number of benzene rings is 1. The lowest BCUT2D eigenvalue weighted by Gasteiger charge is -2.28. The monoisotopic (exact) mass is 373 g/mol. The molecule has 2 aromatic rings. The first-order valence-corrected chi connectivity index (χ1v) is 9.54. The van der Waals surface area contributed by atoms with Crippen LogP contribution in [0, 0.1) is 5.82 Å². The Hall–Kier alpha value is -2.41. The first kappa shape index (κ1) is 18.0. The zero-order chi connectivity index (χ0) is 18.8. The van der Waals surface area contributed by atoms with Crippen molar-refractivity contribution in [2.24, 2.45) is 0 Å². The number of ether oxygens (including phenoxy) is 1. The molecule has 2 fully saturated rings. The highest BCUT2D eigenvalue weighted by Gasteiger charge is 2.34. The summed E-state index contributed by atoms with van der Waals surface area (Å²) in [5.41, 5.74) is 2.35. The molecule has 6 nitrogen and oxygen atoms in total. The summed E-state index contributed by atoms with van der Waals surface area (Å²) in [5.74, 6) is 0.529. The molecule has 1 aromatic heterocycles. The lowest BCUT2D eigenvalue weighted by atomic mass is 10.1. The fourth-order valence-electron chi connectivity index (χ4n) is 3.47. The molecule has 144 valence electrons. The van der Waals surface area contributed by atoms with Gasteiger partial charge in [-0.15, -0.1) is 0 Å². The molecule has 0 radical (unpaired) electrons. The van der Waals surface area contributed by atoms with Gasteiger partial charge >= 0.3 is 0 Å². The van der Waals surface area contributed by atoms with Crippen LogP contribution in [0.15, 0.2) is 28.8 Å². The van der Waals surface area contributed by atoms with E-state index in [0.29, 0.717) is 43.8 Å². The van der Waals surface area contributed by atoms with Crippen molar-refractivity contribution in [1.82, 2.24) is 10.1 Å². The van der Waals surface area contributed by atoms with Crippen LogP contribution in [-0.4, -0.2) is 48.3 Å². The van der Waals surface area contributed by atoms with Gasteiger partial charge in [0.05, 0.1) is 25.3 Å². The summed E-state index contributed by atoms with van der Waals surface area (Å²) < 4.78 is 24.5. The quantitative estimate of drug-likeness (QED) is 0.778. The van der Waals surface area contributed by atoms with Gasteiger partial charge in [0.25, 0.3) is 0 Å². The first-order valence-electron chi connectivity index (χ1n) is 9.54. The third-order valence-electron chi connectivity index (χ3n) is 5.12. The minimum atomic E-state index is -0.294. The second-order valence-corrected chi connectivity index (χ2v) is 7.03. The predicted molar refractivity (Wildman–Crippen MR) is 98.8 cm³/mol. The van der Waals surface area contributed by atoms with Gasteiger partial charge in [-0.25, -0.2) is 4.39 Å². The third-order valence-corrected chi connectivity index (χ3v) is 5.12. The first-order chi connectivity index (χ1) is 13.2. The summed E-state index contributed by atoms with van der Waals surface area (Å²) in [6.45, 7) is 5.04. The van der Waals surface area contributed by atoms with Crippen molar-refractivity contribution < 1.29 is 18.4 Å². The largest absolute Gasteiger partial charge is 0.378 e. The van der Waals surface area contributed by atoms with E-state index in [1.807, 2.05) is 11.8 Å². The van der Waals surface area contributed by atoms with Gasteiger partial charge in [0, 0.05) is 31.1 Å². The molecule has 0 unspecified atom stereocenters. The number of amides is 1. The fourth-order valence-corrected chi connectivity index (χ4v) is 3.47. The molecule has 0 bridgehead atoms. The van der Waals surface area contributed by atoms with E-state index in [0.717, 1.165) is 37.1 Å². The smallest absolute Gasteiger partial charge is 0.233 e. The minimum Gasteiger partial charge on any atom is -0.378 e. The molecule has 0 spiro atoms. The van der Waals surface area contributed by atoms with Gasteiger partial charge in [-0.1, -0.05) is 12.1 Å². The van der Waals surface area contributed by atoms with E-state index in [2.05, 4.69) is 10.1 Å². The molecule has 27 heavy (non-hydrogen) atoms. The minimum absolute atomic E-state index is 0.136. The maximum atomic E-state index is 13.4. The molecule has 0 N–H and O–H groups in total. The second kappa shape index (κ2) is 7.68. The highest BCUT2D eigenvalue weighted by Crippen LogP contribution is 2.36. The van der Waals surface area contributed by atoms with Gasteiger partial charge in [-0.3, -0.25) is 4.79 Å². The molecular formula is C20H24FN3O3. The summed E-state index contributed by atoms with van der Waals surface area (Å²) in [7, 11) is 0. The van der Waals surface area contributed by atoms with Crippen molar-refractivity contribution in [3.05, 3.63) is 35.6 Å². The number of halogens is 1. The number of aromatic nitrogens is 1. The SMILES string of the molecule is CCC(=O)N(Cc1c(-c2ccc(F)cc2)noc1N1CCOCC1)C1CC1. The van der Waals surface area contributed by atoms with E-state index in [-0.39, 0.29) is 11.7 Å². The van der Waals surface area contributed by atoms with Crippen LogP contribution in [-0.2, 0) is 16.1 Å². The molecule has 1 aliphatic carbocycles. The van der Waals surface area contributed by atoms with E-state index < -0.39 is 0 Å². The average Bonchev–Trinajstić information content (AvgIpc) is 3.46. The van der Waals surface area contributed by atoms with E-state index in [1.54, 1.807) is 12.1 Å². The van der Waals surface area contributed by atoms with E-state index >= 15 is 0 Å². The number of morpholine rings is 1. The molecule has 1 aromatic carbocycles. The van der Waals surface area contributed by atoms with Crippen LogP contribution in [0.5, 0.6) is 0 Å². The van der Waals surface area contributed by atoms with Crippen LogP contribution in [0.25, 0.3) is 11.3 Å². The number of anilines is 1. The van der Waals surface area contributed by atoms with Gasteiger partial charge in [-0.2, -0.15) is 0 Å². The second-order valence-electron chi connectivity index (χ2n) is 7.03. The number of carbonyl (C=O) groups excluding carboxylic acids is 1. The summed E-state index contributed by atoms with van der Waals surface area (Å²) in [5, 5.41) is 4.29. The van der Waals surface area contributed by atoms with Crippen LogP contribution in [0.1, 0.15) is 31.7 Å². The molecule has 2 aliphatic rings. The molecule has 2 heterocycles. The van der Waals surface area contributed by atoms with Crippen molar-refractivity contribution in [2.45, 2.75) is 38.8 Å². The number of hydrogen-bond donors (Lipinski definition) is 0. The summed E-state index contributed by atoms with van der Waals surface area (Å²) in [6.07, 6.45) is 2.55. The van der Waals surface area contributed by atoms with E-state index in [4.69, 9.17) is 9.26 Å². The maximum absolute atomic E-state index is 13.4. The Labute approximate surface area is 157 Å². The van der Waals surface area contributed by atoms with Crippen LogP contribution < -0.4 is 4.90 Å². The Morgan fingerprint density at radius 3 is 2.59 bits per heavy atom. The number of hydrogen-bond acceptors (Lipinski definition) is 5. The third kappa shape index (κ3) is 3.83. The molecule has 1 saturated heterocycles. The molecule has 1 amide bonds. The van der Waals surface area contributed by atoms with Gasteiger partial charge in [0.2, 0.25) is 11.8 Å². The maximum Gasteiger partial charge on any atom is 0.233 e. The number of nitrogens with zero attached hydrogens (tertiary/aromatic N) is 3. The Bertz CT molecular complexity index is 795. The normalized spacial score (nSPS) is 17.2. The van der Waals surface area contributed by atoms with Crippen LogP contribution in [0.4, 0.5) is 10.3 Å². The number of carbonyl (C=O) groups is 1. The van der Waals surface area contributed by atoms with Crippen molar-refractivity contribution >= 4 is 11.8 Å². The Morgan fingerprint density at radius 1 is 1.26 bits per heavy atom. The molecule has 1 aliphatic heterocycles. The highest BCUT2D eigenvalue weighted by atomic mass is 19.1.